The largest absolute Gasteiger partial charge is 0.508 e. The number of phenolic OH excluding ortho intramolecular Hbond substituents is 1. The second-order valence-corrected chi connectivity index (χ2v) is 6.82. The van der Waals surface area contributed by atoms with Crippen molar-refractivity contribution in [2.24, 2.45) is 5.92 Å². The zero-order chi connectivity index (χ0) is 15.5. The van der Waals surface area contributed by atoms with Crippen LogP contribution < -0.4 is 5.32 Å². The Morgan fingerprint density at radius 2 is 2.00 bits per heavy atom. The summed E-state index contributed by atoms with van der Waals surface area (Å²) in [6, 6.07) is 8.23. The lowest BCUT2D eigenvalue weighted by Gasteiger charge is -2.48. The molecule has 1 saturated heterocycles. The second-order valence-electron chi connectivity index (χ2n) is 6.82. The van der Waals surface area contributed by atoms with E-state index in [2.05, 4.69) is 37.9 Å². The summed E-state index contributed by atoms with van der Waals surface area (Å²) >= 11 is 0. The van der Waals surface area contributed by atoms with Gasteiger partial charge in [-0.3, -0.25) is 4.90 Å². The highest BCUT2D eigenvalue weighted by atomic mass is 16.3. The Hall–Kier alpha value is -1.06. The van der Waals surface area contributed by atoms with Crippen LogP contribution in [0.3, 0.4) is 0 Å². The Labute approximate surface area is 129 Å². The normalized spacial score (nSPS) is 28.5. The molecule has 118 valence electrons. The topological polar surface area (TPSA) is 35.5 Å². The van der Waals surface area contributed by atoms with Gasteiger partial charge in [-0.2, -0.15) is 0 Å². The highest BCUT2D eigenvalue weighted by molar-refractivity contribution is 5.26. The maximum atomic E-state index is 9.44. The van der Waals surface area contributed by atoms with E-state index in [4.69, 9.17) is 0 Å². The number of rotatable bonds is 5. The van der Waals surface area contributed by atoms with Crippen LogP contribution in [0.5, 0.6) is 5.75 Å². The maximum Gasteiger partial charge on any atom is 0.115 e. The van der Waals surface area contributed by atoms with E-state index in [1.54, 1.807) is 12.1 Å². The van der Waals surface area contributed by atoms with Crippen molar-refractivity contribution in [3.05, 3.63) is 29.8 Å². The van der Waals surface area contributed by atoms with Crippen LogP contribution in [0.1, 0.15) is 46.1 Å². The number of hydrogen-bond donors (Lipinski definition) is 2. The van der Waals surface area contributed by atoms with Crippen molar-refractivity contribution in [3.63, 3.8) is 0 Å². The zero-order valence-electron chi connectivity index (χ0n) is 13.9. The number of aromatic hydroxyl groups is 1. The summed E-state index contributed by atoms with van der Waals surface area (Å²) in [5, 5.41) is 13.2. The first-order valence-corrected chi connectivity index (χ1v) is 8.24. The second kappa shape index (κ2) is 6.80. The average molecular weight is 290 g/mol. The standard InChI is InChI=1S/C18H30N2O/c1-5-14(3)17-11-19-18(4,6-2)13-20(17)12-15-7-9-16(21)10-8-15/h7-10,14,17,19,21H,5-6,11-13H2,1-4H3. The van der Waals surface area contributed by atoms with E-state index in [1.165, 1.54) is 12.0 Å². The van der Waals surface area contributed by atoms with Crippen LogP contribution in [0.2, 0.25) is 0 Å². The summed E-state index contributed by atoms with van der Waals surface area (Å²) in [5.74, 6) is 1.03. The van der Waals surface area contributed by atoms with Gasteiger partial charge in [0.05, 0.1) is 0 Å². The Morgan fingerprint density at radius 1 is 1.33 bits per heavy atom. The molecule has 21 heavy (non-hydrogen) atoms. The Morgan fingerprint density at radius 3 is 2.57 bits per heavy atom. The van der Waals surface area contributed by atoms with Gasteiger partial charge >= 0.3 is 0 Å². The number of phenols is 1. The van der Waals surface area contributed by atoms with Gasteiger partial charge in [-0.25, -0.2) is 0 Å². The van der Waals surface area contributed by atoms with Crippen LogP contribution in [0, 0.1) is 5.92 Å². The number of piperazine rings is 1. The summed E-state index contributed by atoms with van der Waals surface area (Å²) in [6.07, 6.45) is 2.35. The lowest BCUT2D eigenvalue weighted by Crippen LogP contribution is -2.63. The molecule has 3 nitrogen and oxygen atoms in total. The van der Waals surface area contributed by atoms with Gasteiger partial charge in [0.15, 0.2) is 0 Å². The molecule has 3 atom stereocenters. The van der Waals surface area contributed by atoms with Crippen molar-refractivity contribution >= 4 is 0 Å². The fourth-order valence-electron chi connectivity index (χ4n) is 3.18. The molecule has 1 fully saturated rings. The molecule has 0 bridgehead atoms. The van der Waals surface area contributed by atoms with Crippen LogP contribution in [-0.2, 0) is 6.54 Å². The molecule has 0 spiro atoms. The minimum absolute atomic E-state index is 0.209. The van der Waals surface area contributed by atoms with Crippen LogP contribution in [-0.4, -0.2) is 34.7 Å². The van der Waals surface area contributed by atoms with Crippen molar-refractivity contribution in [2.45, 2.75) is 58.7 Å². The van der Waals surface area contributed by atoms with E-state index in [0.29, 0.717) is 17.7 Å². The molecule has 0 amide bonds. The molecule has 1 aliphatic heterocycles. The van der Waals surface area contributed by atoms with Crippen LogP contribution in [0.4, 0.5) is 0 Å². The fraction of sp³-hybridized carbons (Fsp3) is 0.667. The first-order chi connectivity index (χ1) is 9.97. The Bertz CT molecular complexity index is 445. The molecule has 1 aliphatic rings. The van der Waals surface area contributed by atoms with Gasteiger partial charge in [0.2, 0.25) is 0 Å². The first kappa shape index (κ1) is 16.3. The molecular weight excluding hydrogens is 260 g/mol. The summed E-state index contributed by atoms with van der Waals surface area (Å²) in [4.78, 5) is 2.63. The van der Waals surface area contributed by atoms with E-state index in [0.717, 1.165) is 26.1 Å². The van der Waals surface area contributed by atoms with Gasteiger partial charge in [-0.1, -0.05) is 39.3 Å². The van der Waals surface area contributed by atoms with E-state index in [-0.39, 0.29) is 5.54 Å². The fourth-order valence-corrected chi connectivity index (χ4v) is 3.18. The summed E-state index contributed by atoms with van der Waals surface area (Å²) in [6.45, 7) is 12.3. The van der Waals surface area contributed by atoms with E-state index in [1.807, 2.05) is 12.1 Å². The summed E-state index contributed by atoms with van der Waals surface area (Å²) in [5.41, 5.74) is 1.49. The van der Waals surface area contributed by atoms with Gasteiger partial charge in [0.1, 0.15) is 5.75 Å². The quantitative estimate of drug-likeness (QED) is 0.872. The van der Waals surface area contributed by atoms with E-state index < -0.39 is 0 Å². The Balaban J connectivity index is 2.14. The van der Waals surface area contributed by atoms with Crippen molar-refractivity contribution in [1.82, 2.24) is 10.2 Å². The molecule has 0 aromatic heterocycles. The lowest BCUT2D eigenvalue weighted by atomic mass is 9.88. The van der Waals surface area contributed by atoms with Gasteiger partial charge in [-0.05, 0) is 37.0 Å². The zero-order valence-corrected chi connectivity index (χ0v) is 13.9. The van der Waals surface area contributed by atoms with Crippen molar-refractivity contribution in [3.8, 4) is 5.75 Å². The molecule has 1 aromatic rings. The summed E-state index contributed by atoms with van der Waals surface area (Å²) in [7, 11) is 0. The van der Waals surface area contributed by atoms with Crippen LogP contribution >= 0.6 is 0 Å². The molecule has 0 saturated carbocycles. The summed E-state index contributed by atoms with van der Waals surface area (Å²) < 4.78 is 0. The number of benzene rings is 1. The van der Waals surface area contributed by atoms with Crippen molar-refractivity contribution < 1.29 is 5.11 Å². The number of nitrogens with one attached hydrogen (secondary N) is 1. The van der Waals surface area contributed by atoms with Crippen LogP contribution in [0.25, 0.3) is 0 Å². The third-order valence-corrected chi connectivity index (χ3v) is 5.16. The van der Waals surface area contributed by atoms with E-state index in [9.17, 15) is 5.11 Å². The molecule has 1 aromatic carbocycles. The predicted molar refractivity (Wildman–Crippen MR) is 88.5 cm³/mol. The average Bonchev–Trinajstić information content (AvgIpc) is 2.49. The first-order valence-electron chi connectivity index (χ1n) is 8.24. The smallest absolute Gasteiger partial charge is 0.115 e. The predicted octanol–water partition coefficient (Wildman–Crippen LogP) is 3.38. The molecule has 3 heteroatoms. The van der Waals surface area contributed by atoms with E-state index >= 15 is 0 Å². The third kappa shape index (κ3) is 3.98. The monoisotopic (exact) mass is 290 g/mol. The minimum Gasteiger partial charge on any atom is -0.508 e. The molecule has 3 unspecified atom stereocenters. The Kier molecular flexibility index (Phi) is 5.28. The molecule has 0 aliphatic carbocycles. The molecular formula is C18H30N2O. The van der Waals surface area contributed by atoms with Gasteiger partial charge < -0.3 is 10.4 Å². The van der Waals surface area contributed by atoms with Gasteiger partial charge in [0.25, 0.3) is 0 Å². The molecule has 2 N–H and O–H groups in total. The molecule has 2 rings (SSSR count). The highest BCUT2D eigenvalue weighted by Gasteiger charge is 2.36. The van der Waals surface area contributed by atoms with Crippen LogP contribution in [0.15, 0.2) is 24.3 Å². The third-order valence-electron chi connectivity index (χ3n) is 5.16. The lowest BCUT2D eigenvalue weighted by molar-refractivity contribution is 0.0487. The molecule has 1 heterocycles. The van der Waals surface area contributed by atoms with Gasteiger partial charge in [-0.15, -0.1) is 0 Å². The molecule has 0 radical (unpaired) electrons. The minimum atomic E-state index is 0.209. The van der Waals surface area contributed by atoms with Gasteiger partial charge in [0, 0.05) is 31.2 Å². The van der Waals surface area contributed by atoms with Crippen molar-refractivity contribution in [2.75, 3.05) is 13.1 Å². The highest BCUT2D eigenvalue weighted by Crippen LogP contribution is 2.26. The number of hydrogen-bond acceptors (Lipinski definition) is 3. The maximum absolute atomic E-state index is 9.44. The number of nitrogens with zero attached hydrogens (tertiary/aromatic N) is 1. The SMILES string of the molecule is CCC(C)C1CNC(C)(CC)CN1Cc1ccc(O)cc1. The van der Waals surface area contributed by atoms with Crippen molar-refractivity contribution in [1.29, 1.82) is 0 Å².